The Morgan fingerprint density at radius 2 is 2.07 bits per heavy atom. The first-order chi connectivity index (χ1) is 14.0. The van der Waals surface area contributed by atoms with Crippen LogP contribution in [0.4, 0.5) is 5.95 Å². The van der Waals surface area contributed by atoms with Crippen LogP contribution in [0.3, 0.4) is 0 Å². The summed E-state index contributed by atoms with van der Waals surface area (Å²) in [5.74, 6) is -0.702. The van der Waals surface area contributed by atoms with Crippen molar-refractivity contribution < 1.29 is 14.8 Å². The maximum absolute atomic E-state index is 12.1. The maximum atomic E-state index is 12.1. The number of rotatable bonds is 4. The molecule has 1 aliphatic rings. The van der Waals surface area contributed by atoms with Gasteiger partial charge in [0.15, 0.2) is 0 Å². The molecule has 0 radical (unpaired) electrons. The van der Waals surface area contributed by atoms with Gasteiger partial charge in [-0.1, -0.05) is 0 Å². The number of benzene rings is 1. The van der Waals surface area contributed by atoms with Crippen LogP contribution in [0.25, 0.3) is 10.9 Å². The quantitative estimate of drug-likeness (QED) is 0.321. The number of fused-ring (bicyclic) bond motifs is 1. The number of H-pyrrole nitrogens is 1. The summed E-state index contributed by atoms with van der Waals surface area (Å²) in [5, 5.41) is 12.9. The van der Waals surface area contributed by atoms with E-state index in [-0.39, 0.29) is 11.6 Å². The lowest BCUT2D eigenvalue weighted by Crippen LogP contribution is -2.47. The number of primary amides is 1. The van der Waals surface area contributed by atoms with Crippen LogP contribution in [0.2, 0.25) is 0 Å². The Balaban J connectivity index is 1.74. The number of nitrogens with one attached hydrogen (secondary N) is 3. The highest BCUT2D eigenvalue weighted by molar-refractivity contribution is 6.07. The molecule has 0 spiro atoms. The molecule has 10 nitrogen and oxygen atoms in total. The lowest BCUT2D eigenvalue weighted by molar-refractivity contribution is 0.0705. The fourth-order valence-corrected chi connectivity index (χ4v) is 3.74. The van der Waals surface area contributed by atoms with Gasteiger partial charge in [-0.3, -0.25) is 14.8 Å². The van der Waals surface area contributed by atoms with Gasteiger partial charge in [0.1, 0.15) is 0 Å². The fourth-order valence-electron chi connectivity index (χ4n) is 3.74. The zero-order valence-electron chi connectivity index (χ0n) is 15.8. The molecule has 2 aromatic heterocycles. The minimum atomic E-state index is -0.674. The van der Waals surface area contributed by atoms with Crippen LogP contribution in [0.5, 0.6) is 0 Å². The van der Waals surface area contributed by atoms with E-state index < -0.39 is 11.8 Å². The van der Waals surface area contributed by atoms with Crippen LogP contribution in [-0.2, 0) is 0 Å². The summed E-state index contributed by atoms with van der Waals surface area (Å²) in [5.41, 5.74) is 10.5. The van der Waals surface area contributed by atoms with E-state index in [1.54, 1.807) is 5.48 Å². The molecule has 6 N–H and O–H groups in total. The Morgan fingerprint density at radius 1 is 1.31 bits per heavy atom. The number of anilines is 1. The molecule has 1 fully saturated rings. The van der Waals surface area contributed by atoms with Crippen molar-refractivity contribution in [2.24, 2.45) is 5.73 Å². The van der Waals surface area contributed by atoms with Crippen molar-refractivity contribution in [2.45, 2.75) is 13.0 Å². The number of nitrogens with zero attached hydrogens (tertiary/aromatic N) is 3. The first-order valence-electron chi connectivity index (χ1n) is 9.15. The van der Waals surface area contributed by atoms with Crippen LogP contribution >= 0.6 is 0 Å². The van der Waals surface area contributed by atoms with Crippen molar-refractivity contribution >= 4 is 28.7 Å². The molecule has 0 aliphatic carbocycles. The van der Waals surface area contributed by atoms with Gasteiger partial charge in [-0.05, 0) is 30.2 Å². The van der Waals surface area contributed by atoms with E-state index in [2.05, 4.69) is 20.3 Å². The molecular formula is C19H21N7O3. The number of aryl methyl sites for hydroxylation is 1. The van der Waals surface area contributed by atoms with Crippen LogP contribution in [0.1, 0.15) is 37.9 Å². The highest BCUT2D eigenvalue weighted by Crippen LogP contribution is 2.31. The third-order valence-corrected chi connectivity index (χ3v) is 5.15. The molecule has 1 aliphatic heterocycles. The first kappa shape index (κ1) is 18.8. The number of carbonyl (C=O) groups is 2. The van der Waals surface area contributed by atoms with Gasteiger partial charge < -0.3 is 20.9 Å². The van der Waals surface area contributed by atoms with E-state index in [0.29, 0.717) is 24.6 Å². The number of carbonyl (C=O) groups excluding carboxylic acids is 2. The van der Waals surface area contributed by atoms with E-state index in [9.17, 15) is 9.59 Å². The molecule has 1 aromatic carbocycles. The molecule has 1 unspecified atom stereocenters. The predicted octanol–water partition coefficient (Wildman–Crippen LogP) is 0.635. The van der Waals surface area contributed by atoms with Crippen molar-refractivity contribution in [2.75, 3.05) is 24.5 Å². The summed E-state index contributed by atoms with van der Waals surface area (Å²) in [7, 11) is 0. The van der Waals surface area contributed by atoms with E-state index in [1.165, 1.54) is 12.4 Å². The predicted molar refractivity (Wildman–Crippen MR) is 106 cm³/mol. The Labute approximate surface area is 166 Å². The summed E-state index contributed by atoms with van der Waals surface area (Å²) >= 11 is 0. The molecule has 4 rings (SSSR count). The average Bonchev–Trinajstić information content (AvgIpc) is 3.13. The SMILES string of the molecule is Cc1c[nH]c2cc(C3CNCCN3c3ncc(C(=O)NO)cn3)cc(C(N)=O)c12. The largest absolute Gasteiger partial charge is 0.366 e. The van der Waals surface area contributed by atoms with Crippen molar-refractivity contribution in [1.82, 2.24) is 25.7 Å². The molecule has 0 saturated carbocycles. The van der Waals surface area contributed by atoms with Crippen LogP contribution in [0, 0.1) is 6.92 Å². The maximum Gasteiger partial charge on any atom is 0.277 e. The topological polar surface area (TPSA) is 149 Å². The fraction of sp³-hybridized carbons (Fsp3) is 0.263. The van der Waals surface area contributed by atoms with E-state index >= 15 is 0 Å². The minimum Gasteiger partial charge on any atom is -0.366 e. The van der Waals surface area contributed by atoms with E-state index in [4.69, 9.17) is 10.9 Å². The molecule has 29 heavy (non-hydrogen) atoms. The second-order valence-electron chi connectivity index (χ2n) is 6.95. The third-order valence-electron chi connectivity index (χ3n) is 5.15. The number of aromatic amines is 1. The molecule has 1 atom stereocenters. The smallest absolute Gasteiger partial charge is 0.277 e. The summed E-state index contributed by atoms with van der Waals surface area (Å²) in [6, 6.07) is 3.70. The number of aromatic nitrogens is 3. The van der Waals surface area contributed by atoms with Gasteiger partial charge >= 0.3 is 0 Å². The Morgan fingerprint density at radius 3 is 2.76 bits per heavy atom. The van der Waals surface area contributed by atoms with Crippen molar-refractivity contribution in [3.63, 3.8) is 0 Å². The molecule has 10 heteroatoms. The number of hydrogen-bond acceptors (Lipinski definition) is 7. The molecular weight excluding hydrogens is 374 g/mol. The first-order valence-corrected chi connectivity index (χ1v) is 9.15. The van der Waals surface area contributed by atoms with Crippen molar-refractivity contribution in [1.29, 1.82) is 0 Å². The van der Waals surface area contributed by atoms with Gasteiger partial charge in [-0.25, -0.2) is 15.4 Å². The summed E-state index contributed by atoms with van der Waals surface area (Å²) in [6.07, 6.45) is 4.57. The van der Waals surface area contributed by atoms with Gasteiger partial charge in [0.05, 0.1) is 11.6 Å². The number of hydroxylamine groups is 1. The van der Waals surface area contributed by atoms with Gasteiger partial charge in [0.25, 0.3) is 5.91 Å². The standard InChI is InChI=1S/C19H21N7O3/c1-10-6-22-14-5-11(4-13(16(10)14)17(20)27)15-9-21-2-3-26(15)19-23-7-12(8-24-19)18(28)25-29/h4-8,15,21-22,29H,2-3,9H2,1H3,(H2,20,27)(H,25,28). The highest BCUT2D eigenvalue weighted by atomic mass is 16.5. The second kappa shape index (κ2) is 7.49. The molecule has 150 valence electrons. The molecule has 3 aromatic rings. The molecule has 3 heterocycles. The van der Waals surface area contributed by atoms with Crippen LogP contribution in [0.15, 0.2) is 30.7 Å². The minimum absolute atomic E-state index is 0.132. The van der Waals surface area contributed by atoms with Gasteiger partial charge in [0, 0.05) is 54.7 Å². The van der Waals surface area contributed by atoms with E-state index in [1.807, 2.05) is 30.2 Å². The van der Waals surface area contributed by atoms with Crippen molar-refractivity contribution in [3.8, 4) is 0 Å². The van der Waals surface area contributed by atoms with Gasteiger partial charge in [-0.15, -0.1) is 0 Å². The Kier molecular flexibility index (Phi) is 4.87. The second-order valence-corrected chi connectivity index (χ2v) is 6.95. The van der Waals surface area contributed by atoms with Crippen LogP contribution in [-0.4, -0.2) is 51.6 Å². The highest BCUT2D eigenvalue weighted by Gasteiger charge is 2.28. The Bertz CT molecular complexity index is 1080. The molecule has 2 amide bonds. The number of hydrogen-bond donors (Lipinski definition) is 5. The zero-order valence-corrected chi connectivity index (χ0v) is 15.8. The summed E-state index contributed by atoms with van der Waals surface area (Å²) in [4.78, 5) is 37.4. The monoisotopic (exact) mass is 395 g/mol. The van der Waals surface area contributed by atoms with Gasteiger partial charge in [-0.2, -0.15) is 0 Å². The number of amides is 2. The Hall–Kier alpha value is -3.50. The lowest BCUT2D eigenvalue weighted by Gasteiger charge is -2.36. The summed E-state index contributed by atoms with van der Waals surface area (Å²) < 4.78 is 0. The van der Waals surface area contributed by atoms with E-state index in [0.717, 1.165) is 28.6 Å². The van der Waals surface area contributed by atoms with Gasteiger partial charge in [0.2, 0.25) is 11.9 Å². The van der Waals surface area contributed by atoms with Crippen molar-refractivity contribution in [3.05, 3.63) is 53.0 Å². The van der Waals surface area contributed by atoms with Crippen LogP contribution < -0.4 is 21.4 Å². The third kappa shape index (κ3) is 3.39. The lowest BCUT2D eigenvalue weighted by atomic mass is 9.97. The normalized spacial score (nSPS) is 16.8. The number of nitrogens with two attached hydrogens (primary N) is 1. The number of piperazine rings is 1. The summed E-state index contributed by atoms with van der Waals surface area (Å²) in [6.45, 7) is 3.94. The average molecular weight is 395 g/mol. The molecule has 1 saturated heterocycles. The molecule has 0 bridgehead atoms. The zero-order chi connectivity index (χ0) is 20.5.